The molecule has 1 aromatic rings. The lowest BCUT2D eigenvalue weighted by Crippen LogP contribution is -2.45. The number of methoxy groups -OCH3 is 1. The summed E-state index contributed by atoms with van der Waals surface area (Å²) >= 11 is 0. The van der Waals surface area contributed by atoms with Crippen molar-refractivity contribution < 1.29 is 4.74 Å². The smallest absolute Gasteiger partial charge is 0.171 e. The van der Waals surface area contributed by atoms with E-state index in [0.717, 1.165) is 25.2 Å². The van der Waals surface area contributed by atoms with Gasteiger partial charge in [-0.25, -0.2) is 0 Å². The van der Waals surface area contributed by atoms with Gasteiger partial charge in [0.2, 0.25) is 0 Å². The first kappa shape index (κ1) is 10.3. The highest BCUT2D eigenvalue weighted by atomic mass is 16.5. The third-order valence-corrected chi connectivity index (χ3v) is 3.13. The highest BCUT2D eigenvalue weighted by Crippen LogP contribution is 2.35. The second-order valence-electron chi connectivity index (χ2n) is 4.20. The third-order valence-electron chi connectivity index (χ3n) is 3.13. The van der Waals surface area contributed by atoms with Gasteiger partial charge in [-0.1, -0.05) is 0 Å². The molecule has 0 aliphatic heterocycles. The van der Waals surface area contributed by atoms with Gasteiger partial charge in [-0.3, -0.25) is 4.68 Å². The maximum absolute atomic E-state index is 5.79. The molecule has 0 radical (unpaired) electrons. The Morgan fingerprint density at radius 3 is 2.80 bits per heavy atom. The minimum atomic E-state index is 0.00393. The molecule has 1 fully saturated rings. The average Bonchev–Trinajstić information content (AvgIpc) is 2.44. The van der Waals surface area contributed by atoms with Gasteiger partial charge in [0, 0.05) is 26.9 Å². The van der Waals surface area contributed by atoms with Gasteiger partial charge in [0.1, 0.15) is 0 Å². The summed E-state index contributed by atoms with van der Waals surface area (Å²) in [7, 11) is 3.62. The van der Waals surface area contributed by atoms with E-state index in [9.17, 15) is 0 Å². The molecule has 5 heteroatoms. The topological polar surface area (TPSA) is 65.1 Å². The van der Waals surface area contributed by atoms with Crippen LogP contribution in [0.2, 0.25) is 0 Å². The Balaban J connectivity index is 1.95. The second kappa shape index (κ2) is 3.73. The zero-order valence-electron chi connectivity index (χ0n) is 9.29. The molecule has 3 N–H and O–H groups in total. The highest BCUT2D eigenvalue weighted by molar-refractivity contribution is 5.59. The summed E-state index contributed by atoms with van der Waals surface area (Å²) in [6, 6.07) is 0. The quantitative estimate of drug-likeness (QED) is 0.777. The van der Waals surface area contributed by atoms with Crippen LogP contribution in [0.5, 0.6) is 0 Å². The Kier molecular flexibility index (Phi) is 2.56. The first-order chi connectivity index (χ1) is 7.15. The molecule has 2 rings (SSSR count). The number of anilines is 2. The van der Waals surface area contributed by atoms with E-state index < -0.39 is 0 Å². The second-order valence-corrected chi connectivity index (χ2v) is 4.20. The van der Waals surface area contributed by atoms with Gasteiger partial charge in [0.25, 0.3) is 0 Å². The molecule has 0 amide bonds. The fraction of sp³-hybridized carbons (Fsp3) is 0.700. The van der Waals surface area contributed by atoms with Gasteiger partial charge in [-0.2, -0.15) is 5.10 Å². The molecule has 15 heavy (non-hydrogen) atoms. The number of ether oxygens (including phenoxy) is 1. The first-order valence-electron chi connectivity index (χ1n) is 5.23. The van der Waals surface area contributed by atoms with E-state index in [1.54, 1.807) is 18.0 Å². The van der Waals surface area contributed by atoms with Crippen molar-refractivity contribution in [3.05, 3.63) is 6.20 Å². The predicted molar refractivity (Wildman–Crippen MR) is 59.7 cm³/mol. The number of aromatic nitrogens is 2. The highest BCUT2D eigenvalue weighted by Gasteiger charge is 2.36. The monoisotopic (exact) mass is 210 g/mol. The predicted octanol–water partition coefficient (Wildman–Crippen LogP) is 0.983. The van der Waals surface area contributed by atoms with Crippen molar-refractivity contribution in [2.24, 2.45) is 7.05 Å². The van der Waals surface area contributed by atoms with Gasteiger partial charge in [-0.15, -0.1) is 0 Å². The van der Waals surface area contributed by atoms with Crippen LogP contribution in [0.4, 0.5) is 11.5 Å². The van der Waals surface area contributed by atoms with Crippen LogP contribution in [0.3, 0.4) is 0 Å². The fourth-order valence-corrected chi connectivity index (χ4v) is 1.91. The standard InChI is InChI=1S/C10H18N4O/c1-14-6-8(11)9(13-14)12-7-10(15-2)4-3-5-10/h6H,3-5,7,11H2,1-2H3,(H,12,13). The molecular formula is C10H18N4O. The summed E-state index contributed by atoms with van der Waals surface area (Å²) in [5.74, 6) is 0.751. The fourth-order valence-electron chi connectivity index (χ4n) is 1.91. The van der Waals surface area contributed by atoms with Crippen LogP contribution in [0, 0.1) is 0 Å². The van der Waals surface area contributed by atoms with E-state index in [2.05, 4.69) is 10.4 Å². The molecule has 1 aliphatic carbocycles. The number of aryl methyl sites for hydroxylation is 1. The van der Waals surface area contributed by atoms with Crippen molar-refractivity contribution in [1.82, 2.24) is 9.78 Å². The van der Waals surface area contributed by atoms with Crippen molar-refractivity contribution in [1.29, 1.82) is 0 Å². The maximum Gasteiger partial charge on any atom is 0.171 e. The van der Waals surface area contributed by atoms with Crippen LogP contribution in [-0.2, 0) is 11.8 Å². The normalized spacial score (nSPS) is 18.5. The van der Waals surface area contributed by atoms with Crippen LogP contribution in [-0.4, -0.2) is 29.0 Å². The summed E-state index contributed by atoms with van der Waals surface area (Å²) in [6.45, 7) is 0.782. The van der Waals surface area contributed by atoms with Crippen LogP contribution in [0.25, 0.3) is 0 Å². The zero-order valence-corrected chi connectivity index (χ0v) is 9.29. The summed E-state index contributed by atoms with van der Waals surface area (Å²) in [4.78, 5) is 0. The lowest BCUT2D eigenvalue weighted by molar-refractivity contribution is -0.0601. The molecule has 0 spiro atoms. The Hall–Kier alpha value is -1.23. The number of hydrogen-bond donors (Lipinski definition) is 2. The lowest BCUT2D eigenvalue weighted by atomic mass is 9.80. The number of rotatable bonds is 4. The van der Waals surface area contributed by atoms with Gasteiger partial charge in [0.15, 0.2) is 5.82 Å². The Morgan fingerprint density at radius 2 is 2.40 bits per heavy atom. The summed E-state index contributed by atoms with van der Waals surface area (Å²) < 4.78 is 7.21. The summed E-state index contributed by atoms with van der Waals surface area (Å²) in [5, 5.41) is 7.48. The molecule has 1 aromatic heterocycles. The number of nitrogens with zero attached hydrogens (tertiary/aromatic N) is 2. The number of hydrogen-bond acceptors (Lipinski definition) is 4. The van der Waals surface area contributed by atoms with Gasteiger partial charge in [0.05, 0.1) is 11.3 Å². The SMILES string of the molecule is COC1(CNc2nn(C)cc2N)CCC1. The number of nitrogens with two attached hydrogens (primary N) is 1. The summed E-state index contributed by atoms with van der Waals surface area (Å²) in [6.07, 6.45) is 5.27. The minimum absolute atomic E-state index is 0.00393. The molecule has 0 bridgehead atoms. The molecule has 0 saturated heterocycles. The number of nitrogens with one attached hydrogen (secondary N) is 1. The van der Waals surface area contributed by atoms with Crippen molar-refractivity contribution in [2.45, 2.75) is 24.9 Å². The van der Waals surface area contributed by atoms with Gasteiger partial charge in [-0.05, 0) is 19.3 Å². The van der Waals surface area contributed by atoms with E-state index in [-0.39, 0.29) is 5.60 Å². The molecule has 0 atom stereocenters. The van der Waals surface area contributed by atoms with Gasteiger partial charge < -0.3 is 15.8 Å². The van der Waals surface area contributed by atoms with E-state index in [1.807, 2.05) is 7.05 Å². The molecular weight excluding hydrogens is 192 g/mol. The molecule has 0 unspecified atom stereocenters. The lowest BCUT2D eigenvalue weighted by Gasteiger charge is -2.40. The Labute approximate surface area is 89.6 Å². The molecule has 0 aromatic carbocycles. The zero-order chi connectivity index (χ0) is 10.9. The van der Waals surface area contributed by atoms with Gasteiger partial charge >= 0.3 is 0 Å². The third kappa shape index (κ3) is 1.92. The minimum Gasteiger partial charge on any atom is -0.394 e. The van der Waals surface area contributed by atoms with Crippen LogP contribution < -0.4 is 11.1 Å². The Bertz CT molecular complexity index is 338. The van der Waals surface area contributed by atoms with Crippen LogP contribution in [0.15, 0.2) is 6.20 Å². The van der Waals surface area contributed by atoms with Crippen molar-refractivity contribution >= 4 is 11.5 Å². The molecule has 1 heterocycles. The van der Waals surface area contributed by atoms with E-state index >= 15 is 0 Å². The summed E-state index contributed by atoms with van der Waals surface area (Å²) in [5.41, 5.74) is 6.47. The average molecular weight is 210 g/mol. The molecule has 5 nitrogen and oxygen atoms in total. The molecule has 84 valence electrons. The van der Waals surface area contributed by atoms with E-state index in [1.165, 1.54) is 6.42 Å². The number of nitrogen functional groups attached to an aromatic ring is 1. The maximum atomic E-state index is 5.79. The van der Waals surface area contributed by atoms with E-state index in [0.29, 0.717) is 5.69 Å². The van der Waals surface area contributed by atoms with Crippen molar-refractivity contribution in [3.63, 3.8) is 0 Å². The van der Waals surface area contributed by atoms with Crippen LogP contribution in [0.1, 0.15) is 19.3 Å². The Morgan fingerprint density at radius 1 is 1.67 bits per heavy atom. The molecule has 1 saturated carbocycles. The van der Waals surface area contributed by atoms with E-state index in [4.69, 9.17) is 10.5 Å². The van der Waals surface area contributed by atoms with Crippen molar-refractivity contribution in [2.75, 3.05) is 24.7 Å². The first-order valence-corrected chi connectivity index (χ1v) is 5.23. The molecule has 1 aliphatic rings. The largest absolute Gasteiger partial charge is 0.394 e. The van der Waals surface area contributed by atoms with Crippen LogP contribution >= 0.6 is 0 Å². The van der Waals surface area contributed by atoms with Crippen molar-refractivity contribution in [3.8, 4) is 0 Å².